The normalized spacial score (nSPS) is 15.3. The average molecular weight is 311 g/mol. The summed E-state index contributed by atoms with van der Waals surface area (Å²) in [7, 11) is -3.17. The van der Waals surface area contributed by atoms with Crippen LogP contribution in [0.2, 0.25) is 0 Å². The zero-order valence-electron chi connectivity index (χ0n) is 12.5. The summed E-state index contributed by atoms with van der Waals surface area (Å²) in [6.45, 7) is 3.61. The van der Waals surface area contributed by atoms with E-state index in [1.54, 1.807) is 19.9 Å². The van der Waals surface area contributed by atoms with Gasteiger partial charge in [-0.05, 0) is 38.0 Å². The molecular weight excluding hydrogens is 290 g/mol. The summed E-state index contributed by atoms with van der Waals surface area (Å²) in [4.78, 5) is 11.4. The number of fused-ring (bicyclic) bond motifs is 1. The second-order valence-electron chi connectivity index (χ2n) is 6.03. The third-order valence-corrected chi connectivity index (χ3v) is 6.03. The standard InChI is InChI=1S/C14H21N3O3S/c1-14(2,21(3,19)20)8-16-12-6-9-4-5-13(18)17-11(9)7-10(12)15/h6-7,16H,4-5,8,15H2,1-3H3,(H,17,18). The molecule has 0 fully saturated rings. The molecule has 2 rings (SSSR count). The van der Waals surface area contributed by atoms with Gasteiger partial charge in [0.15, 0.2) is 9.84 Å². The van der Waals surface area contributed by atoms with Crippen LogP contribution in [0.25, 0.3) is 0 Å². The molecule has 0 unspecified atom stereocenters. The van der Waals surface area contributed by atoms with Crippen LogP contribution in [0, 0.1) is 0 Å². The van der Waals surface area contributed by atoms with Gasteiger partial charge in [-0.3, -0.25) is 4.79 Å². The molecule has 4 N–H and O–H groups in total. The molecule has 0 saturated heterocycles. The minimum atomic E-state index is -3.17. The Morgan fingerprint density at radius 2 is 2.00 bits per heavy atom. The van der Waals surface area contributed by atoms with Gasteiger partial charge in [-0.25, -0.2) is 8.42 Å². The van der Waals surface area contributed by atoms with Gasteiger partial charge in [0, 0.05) is 24.9 Å². The first kappa shape index (κ1) is 15.6. The first-order valence-corrected chi connectivity index (χ1v) is 8.65. The van der Waals surface area contributed by atoms with Crippen molar-refractivity contribution in [2.45, 2.75) is 31.4 Å². The Morgan fingerprint density at radius 3 is 2.62 bits per heavy atom. The molecule has 6 nitrogen and oxygen atoms in total. The highest BCUT2D eigenvalue weighted by atomic mass is 32.2. The number of carbonyl (C=O) groups is 1. The Bertz CT molecular complexity index is 681. The molecule has 1 aromatic rings. The number of nitrogens with two attached hydrogens (primary N) is 1. The number of carbonyl (C=O) groups excluding carboxylic acids is 1. The number of aryl methyl sites for hydroxylation is 1. The molecule has 21 heavy (non-hydrogen) atoms. The van der Waals surface area contributed by atoms with Gasteiger partial charge in [-0.2, -0.15) is 0 Å². The van der Waals surface area contributed by atoms with Crippen LogP contribution in [-0.2, 0) is 21.1 Å². The summed E-state index contributed by atoms with van der Waals surface area (Å²) in [5.41, 5.74) is 8.88. The first-order valence-electron chi connectivity index (χ1n) is 6.76. The number of sulfone groups is 1. The molecule has 0 saturated carbocycles. The number of anilines is 3. The molecule has 116 valence electrons. The Kier molecular flexibility index (Phi) is 3.88. The van der Waals surface area contributed by atoms with E-state index in [-0.39, 0.29) is 12.5 Å². The molecule has 7 heteroatoms. The monoisotopic (exact) mass is 311 g/mol. The van der Waals surface area contributed by atoms with Gasteiger partial charge in [0.2, 0.25) is 5.91 Å². The van der Waals surface area contributed by atoms with Gasteiger partial charge in [-0.1, -0.05) is 0 Å². The summed E-state index contributed by atoms with van der Waals surface area (Å²) >= 11 is 0. The Hall–Kier alpha value is -1.76. The molecule has 0 aliphatic carbocycles. The number of hydrogen-bond acceptors (Lipinski definition) is 5. The Balaban J connectivity index is 2.21. The quantitative estimate of drug-likeness (QED) is 0.729. The Morgan fingerprint density at radius 1 is 1.33 bits per heavy atom. The third-order valence-electron chi connectivity index (χ3n) is 3.88. The number of hydrogen-bond donors (Lipinski definition) is 3. The van der Waals surface area contributed by atoms with Gasteiger partial charge in [0.05, 0.1) is 16.1 Å². The van der Waals surface area contributed by atoms with Gasteiger partial charge >= 0.3 is 0 Å². The van der Waals surface area contributed by atoms with Gasteiger partial charge in [0.25, 0.3) is 0 Å². The molecule has 0 bridgehead atoms. The van der Waals surface area contributed by atoms with Crippen LogP contribution in [-0.4, -0.2) is 31.9 Å². The second kappa shape index (κ2) is 5.22. The lowest BCUT2D eigenvalue weighted by atomic mass is 10.0. The van der Waals surface area contributed by atoms with E-state index in [1.165, 1.54) is 6.26 Å². The summed E-state index contributed by atoms with van der Waals surface area (Å²) in [6, 6.07) is 3.59. The van der Waals surface area contributed by atoms with E-state index >= 15 is 0 Å². The first-order chi connectivity index (χ1) is 9.60. The average Bonchev–Trinajstić information content (AvgIpc) is 2.35. The van der Waals surface area contributed by atoms with Gasteiger partial charge < -0.3 is 16.4 Å². The van der Waals surface area contributed by atoms with Crippen molar-refractivity contribution >= 4 is 32.8 Å². The van der Waals surface area contributed by atoms with Crippen LogP contribution in [0.3, 0.4) is 0 Å². The molecule has 0 radical (unpaired) electrons. The van der Waals surface area contributed by atoms with Gasteiger partial charge in [-0.15, -0.1) is 0 Å². The fraction of sp³-hybridized carbons (Fsp3) is 0.500. The van der Waals surface area contributed by atoms with Crippen LogP contribution in [0.4, 0.5) is 17.1 Å². The lowest BCUT2D eigenvalue weighted by Crippen LogP contribution is -2.38. The van der Waals surface area contributed by atoms with Crippen LogP contribution >= 0.6 is 0 Å². The maximum atomic E-state index is 11.7. The largest absolute Gasteiger partial charge is 0.397 e. The van der Waals surface area contributed by atoms with E-state index < -0.39 is 14.6 Å². The minimum Gasteiger partial charge on any atom is -0.397 e. The van der Waals surface area contributed by atoms with E-state index in [0.717, 1.165) is 11.3 Å². The maximum Gasteiger partial charge on any atom is 0.224 e. The topological polar surface area (TPSA) is 101 Å². The summed E-state index contributed by atoms with van der Waals surface area (Å²) in [6.07, 6.45) is 2.33. The predicted octanol–water partition coefficient (Wildman–Crippen LogP) is 1.39. The number of nitrogens with one attached hydrogen (secondary N) is 2. The van der Waals surface area contributed by atoms with Crippen molar-refractivity contribution in [3.63, 3.8) is 0 Å². The number of nitrogen functional groups attached to an aromatic ring is 1. The third kappa shape index (κ3) is 3.29. The molecule has 0 spiro atoms. The van der Waals surface area contributed by atoms with Crippen LogP contribution < -0.4 is 16.4 Å². The highest BCUT2D eigenvalue weighted by Crippen LogP contribution is 2.31. The van der Waals surface area contributed by atoms with E-state index in [9.17, 15) is 13.2 Å². The molecular formula is C14H21N3O3S. The van der Waals surface area contributed by atoms with Crippen molar-refractivity contribution in [1.29, 1.82) is 0 Å². The minimum absolute atomic E-state index is 0.0131. The zero-order chi connectivity index (χ0) is 15.8. The highest BCUT2D eigenvalue weighted by Gasteiger charge is 2.30. The van der Waals surface area contributed by atoms with Crippen molar-refractivity contribution in [3.8, 4) is 0 Å². The van der Waals surface area contributed by atoms with Crippen molar-refractivity contribution in [3.05, 3.63) is 17.7 Å². The number of benzene rings is 1. The predicted molar refractivity (Wildman–Crippen MR) is 85.2 cm³/mol. The number of rotatable bonds is 4. The van der Waals surface area contributed by atoms with Crippen molar-refractivity contribution < 1.29 is 13.2 Å². The second-order valence-corrected chi connectivity index (χ2v) is 8.68. The molecule has 0 aromatic heterocycles. The van der Waals surface area contributed by atoms with Crippen LogP contribution in [0.1, 0.15) is 25.8 Å². The molecule has 1 aliphatic rings. The summed E-state index contributed by atoms with van der Waals surface area (Å²) in [5, 5.41) is 5.89. The van der Waals surface area contributed by atoms with Gasteiger partial charge in [0.1, 0.15) is 0 Å². The molecule has 0 atom stereocenters. The lowest BCUT2D eigenvalue weighted by molar-refractivity contribution is -0.116. The molecule has 1 aromatic carbocycles. The van der Waals surface area contributed by atoms with E-state index in [1.807, 2.05) is 6.07 Å². The van der Waals surface area contributed by atoms with Crippen LogP contribution in [0.5, 0.6) is 0 Å². The van der Waals surface area contributed by atoms with Crippen molar-refractivity contribution in [1.82, 2.24) is 0 Å². The highest BCUT2D eigenvalue weighted by molar-refractivity contribution is 7.92. The van der Waals surface area contributed by atoms with Crippen LogP contribution in [0.15, 0.2) is 12.1 Å². The fourth-order valence-corrected chi connectivity index (χ4v) is 2.37. The van der Waals surface area contributed by atoms with Crippen molar-refractivity contribution in [2.24, 2.45) is 0 Å². The van der Waals surface area contributed by atoms with E-state index in [4.69, 9.17) is 5.73 Å². The summed E-state index contributed by atoms with van der Waals surface area (Å²) in [5.74, 6) is -0.0131. The maximum absolute atomic E-state index is 11.7. The SMILES string of the molecule is CC(C)(CNc1cc2c(cc1N)NC(=O)CC2)S(C)(=O)=O. The molecule has 1 amide bonds. The number of amides is 1. The lowest BCUT2D eigenvalue weighted by Gasteiger charge is -2.25. The fourth-order valence-electron chi connectivity index (χ4n) is 2.04. The van der Waals surface area contributed by atoms with Crippen molar-refractivity contribution in [2.75, 3.05) is 29.2 Å². The molecule has 1 aliphatic heterocycles. The van der Waals surface area contributed by atoms with E-state index in [2.05, 4.69) is 10.6 Å². The smallest absolute Gasteiger partial charge is 0.224 e. The van der Waals surface area contributed by atoms with E-state index in [0.29, 0.717) is 24.2 Å². The summed E-state index contributed by atoms with van der Waals surface area (Å²) < 4.78 is 22.5. The Labute approximate surface area is 125 Å². The zero-order valence-corrected chi connectivity index (χ0v) is 13.3. The molecule has 1 heterocycles.